The van der Waals surface area contributed by atoms with Gasteiger partial charge in [-0.25, -0.2) is 0 Å². The van der Waals surface area contributed by atoms with Crippen molar-refractivity contribution in [2.75, 3.05) is 5.32 Å². The summed E-state index contributed by atoms with van der Waals surface area (Å²) in [6, 6.07) is 10.9. The molecule has 1 atom stereocenters. The van der Waals surface area contributed by atoms with Gasteiger partial charge in [-0.1, -0.05) is 26.0 Å². The van der Waals surface area contributed by atoms with E-state index in [1.165, 1.54) is 0 Å². The van der Waals surface area contributed by atoms with Crippen LogP contribution in [0.1, 0.15) is 53.2 Å². The predicted octanol–water partition coefficient (Wildman–Crippen LogP) is 4.65. The van der Waals surface area contributed by atoms with Crippen LogP contribution in [-0.4, -0.2) is 16.1 Å². The molecule has 0 fully saturated rings. The summed E-state index contributed by atoms with van der Waals surface area (Å²) in [6.45, 7) is 8.19. The minimum Gasteiger partial charge on any atom is -0.506 e. The summed E-state index contributed by atoms with van der Waals surface area (Å²) in [5.41, 5.74) is 4.31. The van der Waals surface area contributed by atoms with E-state index in [0.29, 0.717) is 17.2 Å². The number of aryl methyl sites for hydroxylation is 2. The summed E-state index contributed by atoms with van der Waals surface area (Å²) in [5.74, 6) is 0.188. The number of aromatic hydroxyl groups is 1. The van der Waals surface area contributed by atoms with E-state index in [9.17, 15) is 9.90 Å². The maximum atomic E-state index is 12.3. The number of anilines is 1. The van der Waals surface area contributed by atoms with Gasteiger partial charge >= 0.3 is 0 Å². The minimum absolute atomic E-state index is 0.0924. The first-order valence-electron chi connectivity index (χ1n) is 8.34. The number of phenolic OH excluding ortho intramolecular Hbond substituents is 1. The van der Waals surface area contributed by atoms with E-state index in [1.54, 1.807) is 12.1 Å². The highest BCUT2D eigenvalue weighted by Crippen LogP contribution is 2.29. The van der Waals surface area contributed by atoms with Crippen LogP contribution >= 0.6 is 12.2 Å². The van der Waals surface area contributed by atoms with Gasteiger partial charge in [0.2, 0.25) is 0 Å². The number of amides is 1. The molecule has 0 aliphatic carbocycles. The molecule has 1 unspecified atom stereocenters. The van der Waals surface area contributed by atoms with Crippen molar-refractivity contribution < 1.29 is 9.90 Å². The van der Waals surface area contributed by atoms with Crippen molar-refractivity contribution in [2.24, 2.45) is 0 Å². The fourth-order valence-corrected chi connectivity index (χ4v) is 2.61. The normalized spacial score (nSPS) is 11.7. The van der Waals surface area contributed by atoms with E-state index in [-0.39, 0.29) is 16.8 Å². The molecule has 0 heterocycles. The van der Waals surface area contributed by atoms with Gasteiger partial charge in [-0.05, 0) is 79.4 Å². The lowest BCUT2D eigenvalue weighted by Crippen LogP contribution is -2.34. The Morgan fingerprint density at radius 2 is 1.88 bits per heavy atom. The van der Waals surface area contributed by atoms with E-state index >= 15 is 0 Å². The number of nitrogens with one attached hydrogen (secondary N) is 2. The van der Waals surface area contributed by atoms with E-state index in [1.807, 2.05) is 38.1 Å². The fraction of sp³-hybridized carbons (Fsp3) is 0.300. The van der Waals surface area contributed by atoms with Crippen LogP contribution < -0.4 is 10.6 Å². The third kappa shape index (κ3) is 4.79. The second-order valence-corrected chi connectivity index (χ2v) is 6.70. The molecule has 0 radical (unpaired) electrons. The zero-order valence-corrected chi connectivity index (χ0v) is 15.8. The van der Waals surface area contributed by atoms with Gasteiger partial charge in [0.05, 0.1) is 5.69 Å². The molecule has 2 aromatic rings. The van der Waals surface area contributed by atoms with Gasteiger partial charge in [-0.15, -0.1) is 0 Å². The van der Waals surface area contributed by atoms with Crippen molar-refractivity contribution in [3.8, 4) is 5.75 Å². The molecule has 2 aromatic carbocycles. The molecule has 25 heavy (non-hydrogen) atoms. The molecule has 5 heteroatoms. The van der Waals surface area contributed by atoms with E-state index in [0.717, 1.165) is 23.1 Å². The Labute approximate surface area is 154 Å². The Morgan fingerprint density at radius 3 is 2.52 bits per heavy atom. The predicted molar refractivity (Wildman–Crippen MR) is 106 cm³/mol. The molecule has 2 rings (SSSR count). The first kappa shape index (κ1) is 18.9. The topological polar surface area (TPSA) is 61.4 Å². The highest BCUT2D eigenvalue weighted by atomic mass is 32.1. The molecule has 132 valence electrons. The molecule has 0 spiro atoms. The largest absolute Gasteiger partial charge is 0.506 e. The number of thiocarbonyl (C=S) groups is 1. The van der Waals surface area contributed by atoms with Gasteiger partial charge in [0.25, 0.3) is 5.91 Å². The zero-order valence-electron chi connectivity index (χ0n) is 15.0. The van der Waals surface area contributed by atoms with Crippen LogP contribution in [0.4, 0.5) is 5.69 Å². The Bertz CT molecular complexity index is 802. The van der Waals surface area contributed by atoms with Gasteiger partial charge in [-0.3, -0.25) is 10.1 Å². The first-order chi connectivity index (χ1) is 11.8. The molecule has 0 bridgehead atoms. The number of hydrogen-bond acceptors (Lipinski definition) is 3. The Hall–Kier alpha value is -2.40. The van der Waals surface area contributed by atoms with Gasteiger partial charge in [0, 0.05) is 5.56 Å². The molecule has 3 N–H and O–H groups in total. The number of rotatable bonds is 4. The lowest BCUT2D eigenvalue weighted by molar-refractivity contribution is 0.0977. The molecule has 0 aliphatic heterocycles. The third-order valence-electron chi connectivity index (χ3n) is 4.45. The number of hydrogen-bond donors (Lipinski definition) is 3. The van der Waals surface area contributed by atoms with Crippen molar-refractivity contribution in [1.29, 1.82) is 0 Å². The molecular weight excluding hydrogens is 332 g/mol. The van der Waals surface area contributed by atoms with Crippen molar-refractivity contribution in [3.63, 3.8) is 0 Å². The van der Waals surface area contributed by atoms with Crippen molar-refractivity contribution in [3.05, 3.63) is 58.7 Å². The maximum absolute atomic E-state index is 12.3. The van der Waals surface area contributed by atoms with Crippen LogP contribution in [0.5, 0.6) is 5.75 Å². The Kier molecular flexibility index (Phi) is 6.15. The zero-order chi connectivity index (χ0) is 18.6. The lowest BCUT2D eigenvalue weighted by atomic mass is 9.98. The summed E-state index contributed by atoms with van der Waals surface area (Å²) >= 11 is 5.21. The van der Waals surface area contributed by atoms with Crippen molar-refractivity contribution in [2.45, 2.75) is 40.0 Å². The smallest absolute Gasteiger partial charge is 0.257 e. The number of carbonyl (C=O) groups is 1. The van der Waals surface area contributed by atoms with Crippen molar-refractivity contribution >= 4 is 28.9 Å². The third-order valence-corrected chi connectivity index (χ3v) is 4.65. The van der Waals surface area contributed by atoms with Gasteiger partial charge in [-0.2, -0.15) is 0 Å². The van der Waals surface area contributed by atoms with Crippen LogP contribution in [0.25, 0.3) is 0 Å². The molecule has 4 nitrogen and oxygen atoms in total. The Balaban J connectivity index is 2.09. The van der Waals surface area contributed by atoms with E-state index < -0.39 is 0 Å². The standard InChI is InChI=1S/C20H24N2O2S/c1-5-12(2)15-8-9-18(23)17(11-15)21-20(25)22-19(24)16-7-6-13(3)14(4)10-16/h6-12,23H,5H2,1-4H3,(H2,21,22,24,25). The molecule has 0 aromatic heterocycles. The SMILES string of the molecule is CCC(C)c1ccc(O)c(NC(=S)NC(=O)c2ccc(C)c(C)c2)c1. The van der Waals surface area contributed by atoms with Crippen LogP contribution in [0.2, 0.25) is 0 Å². The fourth-order valence-electron chi connectivity index (χ4n) is 2.41. The summed E-state index contributed by atoms with van der Waals surface area (Å²) < 4.78 is 0. The average molecular weight is 356 g/mol. The molecule has 0 saturated heterocycles. The quantitative estimate of drug-likeness (QED) is 0.551. The molecule has 0 saturated carbocycles. The van der Waals surface area contributed by atoms with Crippen LogP contribution in [0.15, 0.2) is 36.4 Å². The first-order valence-corrected chi connectivity index (χ1v) is 8.75. The maximum Gasteiger partial charge on any atom is 0.257 e. The van der Waals surface area contributed by atoms with Gasteiger partial charge in [0.15, 0.2) is 5.11 Å². The van der Waals surface area contributed by atoms with Crippen LogP contribution in [0, 0.1) is 13.8 Å². The van der Waals surface area contributed by atoms with Gasteiger partial charge in [0.1, 0.15) is 5.75 Å². The molecule has 1 amide bonds. The monoisotopic (exact) mass is 356 g/mol. The van der Waals surface area contributed by atoms with Crippen molar-refractivity contribution in [1.82, 2.24) is 5.32 Å². The van der Waals surface area contributed by atoms with Gasteiger partial charge < -0.3 is 10.4 Å². The number of phenols is 1. The summed E-state index contributed by atoms with van der Waals surface area (Å²) in [4.78, 5) is 12.3. The number of carbonyl (C=O) groups excluding carboxylic acids is 1. The van der Waals surface area contributed by atoms with Crippen LogP contribution in [-0.2, 0) is 0 Å². The lowest BCUT2D eigenvalue weighted by Gasteiger charge is -2.15. The molecule has 0 aliphatic rings. The van der Waals surface area contributed by atoms with Crippen LogP contribution in [0.3, 0.4) is 0 Å². The summed E-state index contributed by atoms with van der Waals surface area (Å²) in [6.07, 6.45) is 0.998. The molecular formula is C20H24N2O2S. The highest BCUT2D eigenvalue weighted by Gasteiger charge is 2.12. The van der Waals surface area contributed by atoms with E-state index in [2.05, 4.69) is 24.5 Å². The highest BCUT2D eigenvalue weighted by molar-refractivity contribution is 7.80. The summed E-state index contributed by atoms with van der Waals surface area (Å²) in [5, 5.41) is 15.7. The Morgan fingerprint density at radius 1 is 1.16 bits per heavy atom. The minimum atomic E-state index is -0.279. The second kappa shape index (κ2) is 8.12. The number of benzene rings is 2. The second-order valence-electron chi connectivity index (χ2n) is 6.29. The average Bonchev–Trinajstić information content (AvgIpc) is 2.58. The summed E-state index contributed by atoms with van der Waals surface area (Å²) in [7, 11) is 0. The van der Waals surface area contributed by atoms with E-state index in [4.69, 9.17) is 12.2 Å².